The highest BCUT2D eigenvalue weighted by Crippen LogP contribution is 2.10. The number of hydrogen-bond donors (Lipinski definition) is 0. The number of esters is 2. The SMILES string of the molecule is CCCCCCCCCCOC(=O)CCCCCC(=O)OCC(CC)COC(=O)OCCCN(CC)CC. The maximum absolute atomic E-state index is 12.0. The van der Waals surface area contributed by atoms with E-state index in [0.717, 1.165) is 51.7 Å². The fraction of sp³-hybridized carbons (Fsp3) is 0.900. The smallest absolute Gasteiger partial charge is 0.466 e. The molecule has 0 saturated carbocycles. The molecule has 0 N–H and O–H groups in total. The zero-order valence-electron chi connectivity index (χ0n) is 24.9. The van der Waals surface area contributed by atoms with Gasteiger partial charge in [-0.25, -0.2) is 4.79 Å². The first-order valence-electron chi connectivity index (χ1n) is 15.3. The lowest BCUT2D eigenvalue weighted by Gasteiger charge is -2.18. The van der Waals surface area contributed by atoms with Gasteiger partial charge in [-0.1, -0.05) is 79.1 Å². The van der Waals surface area contributed by atoms with Crippen molar-refractivity contribution < 1.29 is 33.3 Å². The van der Waals surface area contributed by atoms with Crippen LogP contribution < -0.4 is 0 Å². The van der Waals surface area contributed by atoms with Gasteiger partial charge in [0.1, 0.15) is 6.61 Å². The second kappa shape index (κ2) is 26.8. The lowest BCUT2D eigenvalue weighted by Crippen LogP contribution is -2.25. The Morgan fingerprint density at radius 3 is 1.71 bits per heavy atom. The largest absolute Gasteiger partial charge is 0.508 e. The van der Waals surface area contributed by atoms with Crippen molar-refractivity contribution in [2.75, 3.05) is 46.1 Å². The maximum Gasteiger partial charge on any atom is 0.508 e. The van der Waals surface area contributed by atoms with Crippen molar-refractivity contribution in [3.63, 3.8) is 0 Å². The molecular weight excluding hydrogens is 486 g/mol. The average Bonchev–Trinajstić information content (AvgIpc) is 2.92. The van der Waals surface area contributed by atoms with Crippen LogP contribution in [0.1, 0.15) is 124 Å². The summed E-state index contributed by atoms with van der Waals surface area (Å²) in [5.74, 6) is -0.471. The average molecular weight is 544 g/mol. The lowest BCUT2D eigenvalue weighted by atomic mass is 10.1. The Labute approximate surface area is 232 Å². The Morgan fingerprint density at radius 1 is 0.579 bits per heavy atom. The first-order valence-corrected chi connectivity index (χ1v) is 15.3. The summed E-state index contributed by atoms with van der Waals surface area (Å²) in [5, 5.41) is 0. The van der Waals surface area contributed by atoms with Crippen LogP contribution in [0.4, 0.5) is 4.79 Å². The zero-order chi connectivity index (χ0) is 28.3. The van der Waals surface area contributed by atoms with Gasteiger partial charge in [-0.3, -0.25) is 9.59 Å². The van der Waals surface area contributed by atoms with Gasteiger partial charge in [0.05, 0.1) is 19.8 Å². The van der Waals surface area contributed by atoms with Gasteiger partial charge in [0.25, 0.3) is 0 Å². The van der Waals surface area contributed by atoms with Crippen molar-refractivity contribution in [1.29, 1.82) is 0 Å². The highest BCUT2D eigenvalue weighted by atomic mass is 16.7. The van der Waals surface area contributed by atoms with Crippen LogP contribution >= 0.6 is 0 Å². The molecule has 0 amide bonds. The third kappa shape index (κ3) is 23.3. The standard InChI is InChI=1S/C30H57NO7/c1-5-9-10-11-12-13-14-18-23-35-28(32)20-16-15-17-21-29(33)37-25-27(6-2)26-38-30(34)36-24-19-22-31(7-3)8-4/h27H,5-26H2,1-4H3. The molecule has 1 unspecified atom stereocenters. The third-order valence-corrected chi connectivity index (χ3v) is 6.75. The minimum absolute atomic E-state index is 0.0574. The Kier molecular flexibility index (Phi) is 25.5. The molecule has 0 saturated heterocycles. The van der Waals surface area contributed by atoms with Crippen molar-refractivity contribution in [3.05, 3.63) is 0 Å². The predicted octanol–water partition coefficient (Wildman–Crippen LogP) is 7.08. The van der Waals surface area contributed by atoms with E-state index in [0.29, 0.717) is 38.9 Å². The minimum Gasteiger partial charge on any atom is -0.466 e. The molecule has 0 bridgehead atoms. The fourth-order valence-electron chi connectivity index (χ4n) is 3.99. The van der Waals surface area contributed by atoms with Crippen molar-refractivity contribution in [1.82, 2.24) is 4.90 Å². The first kappa shape index (κ1) is 36.2. The van der Waals surface area contributed by atoms with Gasteiger partial charge in [-0.15, -0.1) is 0 Å². The highest BCUT2D eigenvalue weighted by molar-refractivity contribution is 5.69. The second-order valence-corrected chi connectivity index (χ2v) is 10.0. The van der Waals surface area contributed by atoms with E-state index in [-0.39, 0.29) is 31.1 Å². The molecule has 0 aliphatic rings. The van der Waals surface area contributed by atoms with Crippen LogP contribution in [-0.2, 0) is 28.5 Å². The van der Waals surface area contributed by atoms with Gasteiger partial charge >= 0.3 is 18.1 Å². The number of ether oxygens (including phenoxy) is 4. The Hall–Kier alpha value is -1.83. The van der Waals surface area contributed by atoms with Gasteiger partial charge < -0.3 is 23.8 Å². The molecule has 0 spiro atoms. The van der Waals surface area contributed by atoms with Crippen LogP contribution in [-0.4, -0.2) is 69.1 Å². The van der Waals surface area contributed by atoms with Gasteiger partial charge in [-0.05, 0) is 45.2 Å². The number of carbonyl (C=O) groups excluding carboxylic acids is 3. The number of carbonyl (C=O) groups is 3. The summed E-state index contributed by atoms with van der Waals surface area (Å²) in [6, 6.07) is 0. The summed E-state index contributed by atoms with van der Waals surface area (Å²) in [7, 11) is 0. The van der Waals surface area contributed by atoms with Gasteiger partial charge in [0, 0.05) is 25.3 Å². The number of unbranched alkanes of at least 4 members (excludes halogenated alkanes) is 9. The van der Waals surface area contributed by atoms with Crippen molar-refractivity contribution in [2.24, 2.45) is 5.92 Å². The van der Waals surface area contributed by atoms with Crippen LogP contribution in [0.15, 0.2) is 0 Å². The molecule has 0 aliphatic heterocycles. The predicted molar refractivity (Wildman–Crippen MR) is 151 cm³/mol. The van der Waals surface area contributed by atoms with E-state index in [9.17, 15) is 14.4 Å². The number of rotatable bonds is 26. The van der Waals surface area contributed by atoms with E-state index in [1.54, 1.807) is 0 Å². The molecule has 1 atom stereocenters. The molecule has 0 aromatic carbocycles. The van der Waals surface area contributed by atoms with Crippen LogP contribution in [0.5, 0.6) is 0 Å². The molecule has 0 aromatic heterocycles. The van der Waals surface area contributed by atoms with Crippen molar-refractivity contribution in [3.8, 4) is 0 Å². The zero-order valence-corrected chi connectivity index (χ0v) is 24.9. The normalized spacial score (nSPS) is 11.8. The van der Waals surface area contributed by atoms with E-state index >= 15 is 0 Å². The van der Waals surface area contributed by atoms with E-state index in [1.165, 1.54) is 38.5 Å². The summed E-state index contributed by atoms with van der Waals surface area (Å²) >= 11 is 0. The van der Waals surface area contributed by atoms with Crippen LogP contribution in [0, 0.1) is 5.92 Å². The molecule has 0 heterocycles. The molecular formula is C30H57NO7. The van der Waals surface area contributed by atoms with E-state index in [1.807, 2.05) is 6.92 Å². The van der Waals surface area contributed by atoms with E-state index in [2.05, 4.69) is 25.7 Å². The van der Waals surface area contributed by atoms with Crippen LogP contribution in [0.2, 0.25) is 0 Å². The molecule has 0 radical (unpaired) electrons. The van der Waals surface area contributed by atoms with Crippen molar-refractivity contribution in [2.45, 2.75) is 124 Å². The molecule has 8 nitrogen and oxygen atoms in total. The summed E-state index contributed by atoms with van der Waals surface area (Å²) in [5.41, 5.74) is 0. The molecule has 0 aromatic rings. The Morgan fingerprint density at radius 2 is 1.11 bits per heavy atom. The lowest BCUT2D eigenvalue weighted by molar-refractivity contribution is -0.145. The van der Waals surface area contributed by atoms with Gasteiger partial charge in [0.2, 0.25) is 0 Å². The Balaban J connectivity index is 3.68. The second-order valence-electron chi connectivity index (χ2n) is 10.0. The van der Waals surface area contributed by atoms with E-state index < -0.39 is 6.16 Å². The molecule has 38 heavy (non-hydrogen) atoms. The van der Waals surface area contributed by atoms with Crippen LogP contribution in [0.25, 0.3) is 0 Å². The summed E-state index contributed by atoms with van der Waals surface area (Å²) in [4.78, 5) is 37.9. The first-order chi connectivity index (χ1) is 18.5. The fourth-order valence-corrected chi connectivity index (χ4v) is 3.99. The van der Waals surface area contributed by atoms with Gasteiger partial charge in [0.15, 0.2) is 0 Å². The number of hydrogen-bond acceptors (Lipinski definition) is 8. The third-order valence-electron chi connectivity index (χ3n) is 6.75. The summed E-state index contributed by atoms with van der Waals surface area (Å²) in [6.07, 6.45) is 13.5. The summed E-state index contributed by atoms with van der Waals surface area (Å²) < 4.78 is 20.9. The summed E-state index contributed by atoms with van der Waals surface area (Å²) in [6.45, 7) is 12.5. The Bertz CT molecular complexity index is 581. The van der Waals surface area contributed by atoms with Crippen LogP contribution in [0.3, 0.4) is 0 Å². The monoisotopic (exact) mass is 543 g/mol. The van der Waals surface area contributed by atoms with Crippen molar-refractivity contribution >= 4 is 18.1 Å². The molecule has 8 heteroatoms. The number of nitrogens with zero attached hydrogens (tertiary/aromatic N) is 1. The minimum atomic E-state index is -0.675. The molecule has 224 valence electrons. The van der Waals surface area contributed by atoms with Gasteiger partial charge in [-0.2, -0.15) is 0 Å². The molecule has 0 rings (SSSR count). The van der Waals surface area contributed by atoms with E-state index in [4.69, 9.17) is 18.9 Å². The molecule has 0 fully saturated rings. The molecule has 0 aliphatic carbocycles. The maximum atomic E-state index is 12.0. The highest BCUT2D eigenvalue weighted by Gasteiger charge is 2.14. The topological polar surface area (TPSA) is 91.4 Å². The quantitative estimate of drug-likeness (QED) is 0.0649.